The SMILES string of the molecule is C/C=C(\CNC(=O)OCc1ccccc1)NN. The number of nitrogens with one attached hydrogen (secondary N) is 2. The van der Waals surface area contributed by atoms with Gasteiger partial charge in [-0.1, -0.05) is 36.4 Å². The maximum atomic E-state index is 11.3. The van der Waals surface area contributed by atoms with E-state index in [1.165, 1.54) is 0 Å². The maximum absolute atomic E-state index is 11.3. The third-order valence-electron chi connectivity index (χ3n) is 2.17. The number of hydrazine groups is 1. The smallest absolute Gasteiger partial charge is 0.407 e. The first-order valence-corrected chi connectivity index (χ1v) is 5.32. The number of benzene rings is 1. The molecular weight excluding hydrogens is 218 g/mol. The van der Waals surface area contributed by atoms with Crippen molar-refractivity contribution in [2.45, 2.75) is 13.5 Å². The van der Waals surface area contributed by atoms with Crippen LogP contribution in [0.3, 0.4) is 0 Å². The molecule has 0 unspecified atom stereocenters. The summed E-state index contributed by atoms with van der Waals surface area (Å²) in [6, 6.07) is 9.49. The minimum absolute atomic E-state index is 0.258. The van der Waals surface area contributed by atoms with E-state index in [0.29, 0.717) is 6.54 Å². The van der Waals surface area contributed by atoms with Crippen LogP contribution in [0.15, 0.2) is 42.1 Å². The molecule has 0 spiro atoms. The van der Waals surface area contributed by atoms with Gasteiger partial charge in [0.05, 0.1) is 6.54 Å². The molecule has 0 bridgehead atoms. The molecule has 0 fully saturated rings. The Morgan fingerprint density at radius 3 is 2.71 bits per heavy atom. The predicted octanol–water partition coefficient (Wildman–Crippen LogP) is 1.28. The highest BCUT2D eigenvalue weighted by atomic mass is 16.5. The normalized spacial score (nSPS) is 10.8. The largest absolute Gasteiger partial charge is 0.445 e. The molecule has 0 aromatic heterocycles. The van der Waals surface area contributed by atoms with Crippen molar-refractivity contribution in [3.63, 3.8) is 0 Å². The number of amides is 1. The van der Waals surface area contributed by atoms with E-state index in [-0.39, 0.29) is 6.61 Å². The van der Waals surface area contributed by atoms with Gasteiger partial charge in [0.15, 0.2) is 0 Å². The van der Waals surface area contributed by atoms with Crippen LogP contribution in [-0.4, -0.2) is 12.6 Å². The molecule has 4 N–H and O–H groups in total. The molecule has 0 radical (unpaired) electrons. The van der Waals surface area contributed by atoms with Crippen LogP contribution in [0.2, 0.25) is 0 Å². The first-order valence-electron chi connectivity index (χ1n) is 5.32. The van der Waals surface area contributed by atoms with Crippen LogP contribution in [0.25, 0.3) is 0 Å². The number of hydrogen-bond donors (Lipinski definition) is 3. The second-order valence-corrected chi connectivity index (χ2v) is 3.37. The summed E-state index contributed by atoms with van der Waals surface area (Å²) in [7, 11) is 0. The third-order valence-corrected chi connectivity index (χ3v) is 2.17. The fourth-order valence-electron chi connectivity index (χ4n) is 1.18. The van der Waals surface area contributed by atoms with Gasteiger partial charge in [-0.3, -0.25) is 5.84 Å². The molecule has 1 aromatic rings. The molecule has 0 aliphatic heterocycles. The minimum atomic E-state index is -0.469. The number of alkyl carbamates (subject to hydrolysis) is 1. The summed E-state index contributed by atoms with van der Waals surface area (Å²) in [4.78, 5) is 11.3. The van der Waals surface area contributed by atoms with E-state index in [1.54, 1.807) is 6.08 Å². The highest BCUT2D eigenvalue weighted by Gasteiger charge is 2.02. The van der Waals surface area contributed by atoms with Crippen molar-refractivity contribution in [2.75, 3.05) is 6.54 Å². The first kappa shape index (κ1) is 13.1. The lowest BCUT2D eigenvalue weighted by Gasteiger charge is -2.09. The van der Waals surface area contributed by atoms with Crippen LogP contribution in [0, 0.1) is 0 Å². The van der Waals surface area contributed by atoms with E-state index in [1.807, 2.05) is 37.3 Å². The Kier molecular flexibility index (Phi) is 5.60. The van der Waals surface area contributed by atoms with Gasteiger partial charge < -0.3 is 15.5 Å². The zero-order chi connectivity index (χ0) is 12.5. The quantitative estimate of drug-likeness (QED) is 0.531. The zero-order valence-electron chi connectivity index (χ0n) is 9.77. The highest BCUT2D eigenvalue weighted by Crippen LogP contribution is 2.00. The number of nitrogens with two attached hydrogens (primary N) is 1. The number of hydrogen-bond acceptors (Lipinski definition) is 4. The summed E-state index contributed by atoms with van der Waals surface area (Å²) in [6.45, 7) is 2.40. The van der Waals surface area contributed by atoms with E-state index in [2.05, 4.69) is 10.7 Å². The molecule has 0 saturated carbocycles. The lowest BCUT2D eigenvalue weighted by atomic mass is 10.2. The number of carbonyl (C=O) groups is 1. The molecule has 0 atom stereocenters. The molecule has 0 aliphatic carbocycles. The van der Waals surface area contributed by atoms with E-state index in [4.69, 9.17) is 10.6 Å². The minimum Gasteiger partial charge on any atom is -0.445 e. The van der Waals surface area contributed by atoms with Crippen molar-refractivity contribution < 1.29 is 9.53 Å². The number of allylic oxidation sites excluding steroid dienone is 1. The van der Waals surface area contributed by atoms with Gasteiger partial charge in [-0.2, -0.15) is 0 Å². The molecule has 0 saturated heterocycles. The summed E-state index contributed by atoms with van der Waals surface area (Å²) in [5, 5.41) is 2.58. The Morgan fingerprint density at radius 1 is 1.41 bits per heavy atom. The van der Waals surface area contributed by atoms with Gasteiger partial charge >= 0.3 is 6.09 Å². The van der Waals surface area contributed by atoms with Gasteiger partial charge in [-0.15, -0.1) is 0 Å². The van der Waals surface area contributed by atoms with Crippen LogP contribution in [0.5, 0.6) is 0 Å². The summed E-state index contributed by atoms with van der Waals surface area (Å²) in [5.41, 5.74) is 4.15. The van der Waals surface area contributed by atoms with Crippen LogP contribution in [-0.2, 0) is 11.3 Å². The predicted molar refractivity (Wildman–Crippen MR) is 65.7 cm³/mol. The van der Waals surface area contributed by atoms with E-state index in [0.717, 1.165) is 11.3 Å². The Morgan fingerprint density at radius 2 is 2.12 bits per heavy atom. The molecule has 1 aromatic carbocycles. The summed E-state index contributed by atoms with van der Waals surface area (Å²) in [6.07, 6.45) is 1.31. The molecule has 5 nitrogen and oxygen atoms in total. The maximum Gasteiger partial charge on any atom is 0.407 e. The van der Waals surface area contributed by atoms with Gasteiger partial charge in [-0.05, 0) is 12.5 Å². The lowest BCUT2D eigenvalue weighted by Crippen LogP contribution is -2.33. The zero-order valence-corrected chi connectivity index (χ0v) is 9.77. The highest BCUT2D eigenvalue weighted by molar-refractivity contribution is 5.67. The molecule has 1 amide bonds. The number of carbonyl (C=O) groups excluding carboxylic acids is 1. The second-order valence-electron chi connectivity index (χ2n) is 3.37. The topological polar surface area (TPSA) is 76.4 Å². The molecule has 0 aliphatic rings. The summed E-state index contributed by atoms with van der Waals surface area (Å²) in [5.74, 6) is 5.22. The Bertz CT molecular complexity index is 377. The van der Waals surface area contributed by atoms with Crippen molar-refractivity contribution in [3.05, 3.63) is 47.7 Å². The fourth-order valence-corrected chi connectivity index (χ4v) is 1.18. The molecule has 92 valence electrons. The molecule has 5 heteroatoms. The van der Waals surface area contributed by atoms with Gasteiger partial charge in [0.2, 0.25) is 0 Å². The fraction of sp³-hybridized carbons (Fsp3) is 0.250. The third kappa shape index (κ3) is 5.03. The van der Waals surface area contributed by atoms with Crippen LogP contribution in [0.4, 0.5) is 4.79 Å². The second kappa shape index (κ2) is 7.29. The van der Waals surface area contributed by atoms with Crippen molar-refractivity contribution in [2.24, 2.45) is 5.84 Å². The number of ether oxygens (including phenoxy) is 1. The van der Waals surface area contributed by atoms with Crippen molar-refractivity contribution in [3.8, 4) is 0 Å². The van der Waals surface area contributed by atoms with Gasteiger partial charge in [0, 0.05) is 5.70 Å². The Balaban J connectivity index is 2.26. The standard InChI is InChI=1S/C12H17N3O2/c1-2-11(15-13)8-14-12(16)17-9-10-6-4-3-5-7-10/h2-7,15H,8-9,13H2,1H3,(H,14,16)/b11-2+. The van der Waals surface area contributed by atoms with Gasteiger partial charge in [0.1, 0.15) is 6.61 Å². The van der Waals surface area contributed by atoms with E-state index >= 15 is 0 Å². The van der Waals surface area contributed by atoms with Crippen LogP contribution >= 0.6 is 0 Å². The first-order chi connectivity index (χ1) is 8.26. The average Bonchev–Trinajstić information content (AvgIpc) is 2.39. The Labute approximate surface area is 101 Å². The number of rotatable bonds is 5. The van der Waals surface area contributed by atoms with Crippen molar-refractivity contribution in [1.82, 2.24) is 10.7 Å². The van der Waals surface area contributed by atoms with Crippen molar-refractivity contribution >= 4 is 6.09 Å². The molecule has 17 heavy (non-hydrogen) atoms. The molecular formula is C12H17N3O2. The summed E-state index contributed by atoms with van der Waals surface area (Å²) >= 11 is 0. The van der Waals surface area contributed by atoms with Crippen molar-refractivity contribution in [1.29, 1.82) is 0 Å². The van der Waals surface area contributed by atoms with E-state index < -0.39 is 6.09 Å². The van der Waals surface area contributed by atoms with Gasteiger partial charge in [0.25, 0.3) is 0 Å². The van der Waals surface area contributed by atoms with Crippen LogP contribution in [0.1, 0.15) is 12.5 Å². The van der Waals surface area contributed by atoms with Crippen LogP contribution < -0.4 is 16.6 Å². The molecule has 0 heterocycles. The summed E-state index contributed by atoms with van der Waals surface area (Å²) < 4.78 is 5.02. The van der Waals surface area contributed by atoms with E-state index in [9.17, 15) is 4.79 Å². The Hall–Kier alpha value is -2.01. The monoisotopic (exact) mass is 235 g/mol. The molecule has 1 rings (SSSR count). The average molecular weight is 235 g/mol. The lowest BCUT2D eigenvalue weighted by molar-refractivity contribution is 0.140. The van der Waals surface area contributed by atoms with Gasteiger partial charge in [-0.25, -0.2) is 4.79 Å².